The molecule has 0 saturated carbocycles. The fourth-order valence-electron chi connectivity index (χ4n) is 3.20. The van der Waals surface area contributed by atoms with Crippen LogP contribution >= 0.6 is 11.6 Å². The number of nitrogens with one attached hydrogen (secondary N) is 1. The van der Waals surface area contributed by atoms with Gasteiger partial charge in [-0.3, -0.25) is 9.59 Å². The molecule has 0 fully saturated rings. The second kappa shape index (κ2) is 8.61. The van der Waals surface area contributed by atoms with Gasteiger partial charge in [0, 0.05) is 22.3 Å². The van der Waals surface area contributed by atoms with Gasteiger partial charge in [0.2, 0.25) is 11.7 Å². The third kappa shape index (κ3) is 4.29. The molecule has 4 aromatic rings. The number of ether oxygens (including phenoxy) is 1. The van der Waals surface area contributed by atoms with Gasteiger partial charge < -0.3 is 14.6 Å². The molecular weight excluding hydrogens is 418 g/mol. The minimum Gasteiger partial charge on any atom is -0.492 e. The summed E-state index contributed by atoms with van der Waals surface area (Å²) < 4.78 is 8.40. The maximum absolute atomic E-state index is 12.8. The number of rotatable bonds is 6. The number of carbonyl (C=O) groups is 1. The van der Waals surface area contributed by atoms with Crippen LogP contribution in [0.15, 0.2) is 59.4 Å². The zero-order valence-electron chi connectivity index (χ0n) is 17.0. The molecule has 9 heteroatoms. The Hall–Kier alpha value is -3.65. The molecule has 0 radical (unpaired) electrons. The number of hydrogen-bond donors (Lipinski definition) is 1. The largest absolute Gasteiger partial charge is 0.492 e. The number of para-hydroxylation sites is 2. The number of aryl methyl sites for hydroxylation is 1. The Kier molecular flexibility index (Phi) is 5.73. The predicted octanol–water partition coefficient (Wildman–Crippen LogP) is 3.56. The molecule has 2 heterocycles. The molecule has 2 aromatic heterocycles. The van der Waals surface area contributed by atoms with Crippen molar-refractivity contribution in [3.63, 3.8) is 0 Å². The zero-order valence-corrected chi connectivity index (χ0v) is 17.8. The van der Waals surface area contributed by atoms with Gasteiger partial charge in [0.05, 0.1) is 12.3 Å². The number of benzene rings is 2. The Balaban J connectivity index is 1.68. The minimum absolute atomic E-state index is 0.0468. The number of hydrogen-bond acceptors (Lipinski definition) is 5. The third-order valence-corrected chi connectivity index (χ3v) is 4.92. The first-order chi connectivity index (χ1) is 15.0. The Morgan fingerprint density at radius 1 is 1.16 bits per heavy atom. The van der Waals surface area contributed by atoms with Crippen LogP contribution in [-0.4, -0.2) is 31.7 Å². The van der Waals surface area contributed by atoms with Crippen molar-refractivity contribution in [1.82, 2.24) is 19.2 Å². The summed E-state index contributed by atoms with van der Waals surface area (Å²) in [4.78, 5) is 29.8. The van der Waals surface area contributed by atoms with Crippen LogP contribution < -0.4 is 15.6 Å². The molecule has 1 N–H and O–H groups in total. The molecule has 0 aliphatic heterocycles. The van der Waals surface area contributed by atoms with Gasteiger partial charge in [-0.05, 0) is 50.2 Å². The van der Waals surface area contributed by atoms with Crippen LogP contribution in [-0.2, 0) is 11.3 Å². The Morgan fingerprint density at radius 3 is 2.65 bits per heavy atom. The molecule has 158 valence electrons. The van der Waals surface area contributed by atoms with Gasteiger partial charge in [0.15, 0.2) is 5.82 Å². The topological polar surface area (TPSA) is 90.5 Å². The van der Waals surface area contributed by atoms with Crippen molar-refractivity contribution in [2.24, 2.45) is 0 Å². The molecule has 0 saturated heterocycles. The van der Waals surface area contributed by atoms with Crippen molar-refractivity contribution in [2.45, 2.75) is 20.4 Å². The number of fused-ring (bicyclic) bond motifs is 1. The molecule has 0 atom stereocenters. The molecule has 0 bridgehead atoms. The van der Waals surface area contributed by atoms with Crippen molar-refractivity contribution in [3.05, 3.63) is 75.7 Å². The molecule has 0 spiro atoms. The van der Waals surface area contributed by atoms with E-state index in [1.165, 1.54) is 10.6 Å². The van der Waals surface area contributed by atoms with Gasteiger partial charge in [-0.25, -0.2) is 0 Å². The highest BCUT2D eigenvalue weighted by molar-refractivity contribution is 6.30. The Labute approximate surface area is 183 Å². The molecule has 1 amide bonds. The average Bonchev–Trinajstić information content (AvgIpc) is 3.19. The van der Waals surface area contributed by atoms with Crippen LogP contribution in [0.2, 0.25) is 5.02 Å². The van der Waals surface area contributed by atoms with Crippen molar-refractivity contribution >= 4 is 29.0 Å². The summed E-state index contributed by atoms with van der Waals surface area (Å²) >= 11 is 5.95. The highest BCUT2D eigenvalue weighted by Gasteiger charge is 2.16. The molecular formula is C22H20ClN5O3. The average molecular weight is 438 g/mol. The molecule has 31 heavy (non-hydrogen) atoms. The van der Waals surface area contributed by atoms with Crippen molar-refractivity contribution in [3.8, 4) is 17.1 Å². The van der Waals surface area contributed by atoms with Crippen LogP contribution in [0.1, 0.15) is 12.6 Å². The Morgan fingerprint density at radius 2 is 1.90 bits per heavy atom. The van der Waals surface area contributed by atoms with E-state index in [0.29, 0.717) is 40.1 Å². The van der Waals surface area contributed by atoms with E-state index in [0.717, 1.165) is 0 Å². The predicted molar refractivity (Wildman–Crippen MR) is 119 cm³/mol. The maximum Gasteiger partial charge on any atom is 0.275 e. The molecule has 2 aromatic carbocycles. The highest BCUT2D eigenvalue weighted by Crippen LogP contribution is 2.24. The lowest BCUT2D eigenvalue weighted by Gasteiger charge is -2.14. The first kappa shape index (κ1) is 20.6. The highest BCUT2D eigenvalue weighted by atomic mass is 35.5. The van der Waals surface area contributed by atoms with Crippen LogP contribution in [0, 0.1) is 6.92 Å². The number of amides is 1. The standard InChI is InChI=1S/C22H20ClN5O3/c1-3-31-18-7-5-4-6-17(18)24-19(29)13-27-14(2)12-20(30)28-22(27)25-21(26-28)15-8-10-16(23)11-9-15/h4-12H,3,13H2,1-2H3,(H,24,29). The zero-order chi connectivity index (χ0) is 22.0. The van der Waals surface area contributed by atoms with Crippen LogP contribution in [0.5, 0.6) is 5.75 Å². The second-order valence-electron chi connectivity index (χ2n) is 6.84. The number of halogens is 1. The van der Waals surface area contributed by atoms with Gasteiger partial charge in [0.25, 0.3) is 5.56 Å². The van der Waals surface area contributed by atoms with Crippen LogP contribution in [0.3, 0.4) is 0 Å². The summed E-state index contributed by atoms with van der Waals surface area (Å²) in [6.07, 6.45) is 0. The molecule has 0 aliphatic carbocycles. The quantitative estimate of drug-likeness (QED) is 0.498. The van der Waals surface area contributed by atoms with Crippen LogP contribution in [0.25, 0.3) is 17.2 Å². The summed E-state index contributed by atoms with van der Waals surface area (Å²) in [6, 6.07) is 15.6. The first-order valence-electron chi connectivity index (χ1n) is 9.71. The summed E-state index contributed by atoms with van der Waals surface area (Å²) in [6.45, 7) is 4.07. The number of carbonyl (C=O) groups excluding carboxylic acids is 1. The first-order valence-corrected chi connectivity index (χ1v) is 10.1. The van der Waals surface area contributed by atoms with Crippen molar-refractivity contribution < 1.29 is 9.53 Å². The molecule has 4 rings (SSSR count). The third-order valence-electron chi connectivity index (χ3n) is 4.66. The summed E-state index contributed by atoms with van der Waals surface area (Å²) in [5.74, 6) is 0.961. The maximum atomic E-state index is 12.8. The lowest BCUT2D eigenvalue weighted by Crippen LogP contribution is -2.25. The summed E-state index contributed by atoms with van der Waals surface area (Å²) in [5, 5.41) is 7.77. The van der Waals surface area contributed by atoms with Crippen molar-refractivity contribution in [1.29, 1.82) is 0 Å². The molecule has 0 aliphatic rings. The minimum atomic E-state index is -0.321. The summed E-state index contributed by atoms with van der Waals surface area (Å²) in [7, 11) is 0. The molecule has 8 nitrogen and oxygen atoms in total. The van der Waals surface area contributed by atoms with E-state index in [1.54, 1.807) is 47.9 Å². The number of anilines is 1. The number of aromatic nitrogens is 4. The Bertz CT molecular complexity index is 1310. The second-order valence-corrected chi connectivity index (χ2v) is 7.28. The van der Waals surface area contributed by atoms with Gasteiger partial charge >= 0.3 is 0 Å². The van der Waals surface area contributed by atoms with Crippen LogP contribution in [0.4, 0.5) is 5.69 Å². The van der Waals surface area contributed by atoms with Crippen molar-refractivity contribution in [2.75, 3.05) is 11.9 Å². The monoisotopic (exact) mass is 437 g/mol. The van der Waals surface area contributed by atoms with Gasteiger partial charge in [0.1, 0.15) is 12.3 Å². The lowest BCUT2D eigenvalue weighted by molar-refractivity contribution is -0.116. The fourth-order valence-corrected chi connectivity index (χ4v) is 3.33. The van der Waals surface area contributed by atoms with E-state index < -0.39 is 0 Å². The van der Waals surface area contributed by atoms with E-state index >= 15 is 0 Å². The number of nitrogens with zero attached hydrogens (tertiary/aromatic N) is 4. The van der Waals surface area contributed by atoms with E-state index in [-0.39, 0.29) is 23.8 Å². The SMILES string of the molecule is CCOc1ccccc1NC(=O)Cn1c(C)cc(=O)n2nc(-c3ccc(Cl)cc3)nc12. The van der Waals surface area contributed by atoms with E-state index in [4.69, 9.17) is 16.3 Å². The van der Waals surface area contributed by atoms with E-state index in [1.807, 2.05) is 19.1 Å². The molecule has 0 unspecified atom stereocenters. The van der Waals surface area contributed by atoms with E-state index in [9.17, 15) is 9.59 Å². The smallest absolute Gasteiger partial charge is 0.275 e. The van der Waals surface area contributed by atoms with Gasteiger partial charge in [-0.15, -0.1) is 5.10 Å². The van der Waals surface area contributed by atoms with Gasteiger partial charge in [-0.2, -0.15) is 9.50 Å². The normalized spacial score (nSPS) is 10.9. The lowest BCUT2D eigenvalue weighted by atomic mass is 10.2. The van der Waals surface area contributed by atoms with E-state index in [2.05, 4.69) is 15.4 Å². The fraction of sp³-hybridized carbons (Fsp3) is 0.182. The summed E-state index contributed by atoms with van der Waals surface area (Å²) in [5.41, 5.74) is 1.57. The van der Waals surface area contributed by atoms with Gasteiger partial charge in [-0.1, -0.05) is 23.7 Å².